The Labute approximate surface area is 873 Å². The van der Waals surface area contributed by atoms with E-state index in [1.165, 1.54) is 79.9 Å². The normalized spacial score (nSPS) is 22.2. The van der Waals surface area contributed by atoms with Gasteiger partial charge in [-0.25, -0.2) is 28.8 Å². The van der Waals surface area contributed by atoms with E-state index >= 15 is 0 Å². The third-order valence-electron chi connectivity index (χ3n) is 27.0. The average molecular weight is 2180 g/mol. The number of nitro groups is 1. The zero-order valence-electron chi connectivity index (χ0n) is 88.9. The van der Waals surface area contributed by atoms with Crippen LogP contribution in [0.25, 0.3) is 0 Å². The van der Waals surface area contributed by atoms with Gasteiger partial charge >= 0.3 is 73.9 Å². The van der Waals surface area contributed by atoms with E-state index in [4.69, 9.17) is 33.2 Å². The van der Waals surface area contributed by atoms with Crippen molar-refractivity contribution in [1.29, 1.82) is 0 Å². The van der Waals surface area contributed by atoms with E-state index in [-0.39, 0.29) is 75.0 Å². The number of rotatable bonds is 19. The minimum Gasteiger partial charge on any atom is -0.508 e. The number of ether oxygens (including phenoxy) is 7. The molecule has 828 valence electrons. The van der Waals surface area contributed by atoms with Gasteiger partial charge in [0.05, 0.1) is 42.6 Å². The number of amides is 3. The molecular weight excluding hydrogens is 2040 g/mol. The summed E-state index contributed by atoms with van der Waals surface area (Å²) in [6.45, 7) is 52.8. The molecule has 0 aromatic heterocycles. The molecule has 5 aliphatic rings. The van der Waals surface area contributed by atoms with Gasteiger partial charge in [0.1, 0.15) is 39.8 Å². The molecule has 5 saturated heterocycles. The van der Waals surface area contributed by atoms with Crippen LogP contribution in [0.3, 0.4) is 0 Å². The van der Waals surface area contributed by atoms with Gasteiger partial charge in [0.2, 0.25) is 0 Å². The molecule has 44 heteroatoms. The van der Waals surface area contributed by atoms with E-state index in [0.29, 0.717) is 92.3 Å². The summed E-state index contributed by atoms with van der Waals surface area (Å²) < 4.78 is 198. The van der Waals surface area contributed by atoms with Crippen LogP contribution in [0.15, 0.2) is 176 Å². The lowest BCUT2D eigenvalue weighted by Crippen LogP contribution is -2.50. The van der Waals surface area contributed by atoms with Crippen LogP contribution in [0.5, 0.6) is 23.0 Å². The number of non-ortho nitro benzene ring substituents is 1. The van der Waals surface area contributed by atoms with Crippen LogP contribution in [0, 0.1) is 39.7 Å². The number of methoxy groups -OCH3 is 2. The third kappa shape index (κ3) is 37.7. The number of esters is 2. The molecule has 0 unspecified atom stereocenters. The van der Waals surface area contributed by atoms with Crippen molar-refractivity contribution in [3.05, 3.63) is 225 Å². The SMILES string of the molecule is COC(=O)c1cccc([C@]2(C)CCN(C(=O)OC(C)(C)C)C[C@@H]2C)c1.COC(=O)c1cccc([C@]2(C)CCNC[C@@H]2C)c1.C[C@H]1CN(C(=O)OC(C)(C)C)CC[C@@]1(C)c1cccc(O)c1.C[C@H]1CN(C(=O)OC(C)(C)C)CC[C@@]1(C)c1cccc(OS(=O)(=O)C(F)(F)F)c1.C[C@H]1CNCC[C@@]1(C)c1cccc(O)c1.C[Si](C)(C)CCOC(=O)Oc1ccc([N+](=O)[O-])cc1.O=S(=O)(N(SOOC(F)(F)F)c1ccccc1)C(F)(F)F. The Morgan fingerprint density at radius 3 is 1.15 bits per heavy atom. The number of hydrogen-bond donors (Lipinski definition) is 4. The van der Waals surface area contributed by atoms with Crippen LogP contribution in [-0.4, -0.2) is 212 Å². The molecule has 7 aromatic carbocycles. The summed E-state index contributed by atoms with van der Waals surface area (Å²) in [6.07, 6.45) is -2.57. The Morgan fingerprint density at radius 2 is 0.832 bits per heavy atom. The van der Waals surface area contributed by atoms with E-state index in [0.717, 1.165) is 87.2 Å². The zero-order valence-corrected chi connectivity index (χ0v) is 92.3. The number of likely N-dealkylation sites (tertiary alicyclic amines) is 3. The molecule has 5 aliphatic heterocycles. The fraction of sp³-hybridized carbons (Fsp3) is 0.543. The fourth-order valence-corrected chi connectivity index (χ4v) is 19.6. The van der Waals surface area contributed by atoms with E-state index in [1.54, 1.807) is 59.7 Å². The monoisotopic (exact) mass is 2180 g/mol. The van der Waals surface area contributed by atoms with Gasteiger partial charge in [-0.05, 0) is 296 Å². The maximum absolute atomic E-state index is 12.6. The fourth-order valence-electron chi connectivity index (χ4n) is 16.8. The number of piperidine rings is 5. The molecule has 7 aromatic rings. The summed E-state index contributed by atoms with van der Waals surface area (Å²) in [4.78, 5) is 89.5. The highest BCUT2D eigenvalue weighted by molar-refractivity contribution is 8.12. The Bertz CT molecular complexity index is 5840. The average Bonchev–Trinajstić information content (AvgIpc) is 0.793. The molecule has 0 bridgehead atoms. The van der Waals surface area contributed by atoms with Gasteiger partial charge in [0, 0.05) is 59.5 Å². The van der Waals surface area contributed by atoms with Crippen molar-refractivity contribution in [2.75, 3.05) is 90.0 Å². The summed E-state index contributed by atoms with van der Waals surface area (Å²) in [7, 11) is -10.2. The Balaban J connectivity index is 0.000000267. The number of carbonyl (C=O) groups is 6. The topological polar surface area (TPSA) is 384 Å². The number of nitrogens with one attached hydrogen (secondary N) is 2. The highest BCUT2D eigenvalue weighted by atomic mass is 32.3. The number of alkyl halides is 9. The molecule has 12 rings (SSSR count). The molecule has 3 amide bonds. The molecule has 0 aliphatic carbocycles. The van der Waals surface area contributed by atoms with Crippen molar-refractivity contribution in [3.63, 3.8) is 0 Å². The first kappa shape index (κ1) is 127. The highest BCUT2D eigenvalue weighted by Crippen LogP contribution is 2.47. The number of nitro benzene ring substituents is 1. The number of halogens is 9. The van der Waals surface area contributed by atoms with Gasteiger partial charge < -0.3 is 72.9 Å². The van der Waals surface area contributed by atoms with Crippen molar-refractivity contribution in [3.8, 4) is 23.0 Å². The summed E-state index contributed by atoms with van der Waals surface area (Å²) in [5, 5.41) is 36.5. The standard InChI is InChI=1S/C20H29NO4.C19H26F3NO5S.C18H27NO3.C15H21NO2.C13H19NO.C12H17NO5Si.C8H5F6NO4S2/c1-14-13-21(18(23)25-19(2,3)4)11-10-20(14,5)16-9-7-8-15(12-16)17(22)24-6;1-13-12-23(16(24)27-17(2,3)4)10-9-18(13,5)14-7-6-8-15(11-14)28-29(25,26)19(20,21)22;1-13-12-19(16(21)22-17(2,3)4)10-9-18(13,5)14-7-6-8-15(20)11-14;1-11-10-16-8-7-15(11,2)13-6-4-5-12(9-13)14(17)18-3;1-10-9-14-7-6-13(10,2)11-4-3-5-12(15)8-11;1-19(2,3)9-8-17-12(14)18-11-6-4-10(5-7-11)13(15)16;9-7(10,11)18-19-20-15(6-4-2-1-3-5-6)21(16,17)8(12,13)14/h7-9,12,14H,10-11,13H2,1-6H3;6-8,11,13H,9-10,12H2,1-5H3;6-8,11,13,20H,9-10,12H2,1-5H3;4-6,9,11,16H,7-8,10H2,1-3H3;3-5,8,10,14-15H,6-7,9H2,1-2H3;4-7H,8-9H2,1-3H3;1-5H/t14-,20+;2*13-,18+;11-,15+;10-,13+;;/m00000../s1. The van der Waals surface area contributed by atoms with Gasteiger partial charge in [-0.3, -0.25) is 10.1 Å². The van der Waals surface area contributed by atoms with E-state index in [1.807, 2.05) is 116 Å². The first-order chi connectivity index (χ1) is 68.7. The number of benzene rings is 7. The van der Waals surface area contributed by atoms with Crippen molar-refractivity contribution < 1.29 is 147 Å². The van der Waals surface area contributed by atoms with Crippen LogP contribution in [0.1, 0.15) is 212 Å². The van der Waals surface area contributed by atoms with Crippen molar-refractivity contribution in [2.24, 2.45) is 29.6 Å². The van der Waals surface area contributed by atoms with Gasteiger partial charge in [-0.1, -0.05) is 168 Å². The summed E-state index contributed by atoms with van der Waals surface area (Å²) in [5.74, 6) is 1.53. The molecule has 10 atom stereocenters. The number of nitrogens with zero attached hydrogens (tertiary/aromatic N) is 5. The van der Waals surface area contributed by atoms with Gasteiger partial charge in [0.25, 0.3) is 5.69 Å². The van der Waals surface area contributed by atoms with E-state index in [9.17, 15) is 105 Å². The molecule has 5 fully saturated rings. The Kier molecular flexibility index (Phi) is 44.8. The number of phenolic OH excluding ortho intramolecular Hbond substituents is 2. The number of para-hydroxylation sites is 1. The number of anilines is 1. The molecule has 4 N–H and O–H groups in total. The Hall–Kier alpha value is -11.2. The number of phenols is 2. The maximum Gasteiger partial charge on any atom is 0.550 e. The second kappa shape index (κ2) is 52.7. The minimum atomic E-state index is -5.99. The first-order valence-electron chi connectivity index (χ1n) is 48.4. The predicted molar refractivity (Wildman–Crippen MR) is 552 cm³/mol. The molecule has 0 spiro atoms. The van der Waals surface area contributed by atoms with Crippen molar-refractivity contribution >= 4 is 88.2 Å². The van der Waals surface area contributed by atoms with Gasteiger partial charge in [-0.2, -0.15) is 46.9 Å². The van der Waals surface area contributed by atoms with E-state index < -0.39 is 112 Å². The lowest BCUT2D eigenvalue weighted by molar-refractivity contribution is -0.440. The molecule has 5 heterocycles. The zero-order chi connectivity index (χ0) is 112. The van der Waals surface area contributed by atoms with Crippen LogP contribution in [0.4, 0.5) is 70.1 Å². The smallest absolute Gasteiger partial charge is 0.508 e. The van der Waals surface area contributed by atoms with Gasteiger partial charge in [-0.15, -0.1) is 22.4 Å². The minimum absolute atomic E-state index is 0.0444. The molecular formula is C105H144F9N7O24S3Si. The molecule has 0 radical (unpaired) electrons. The molecule has 149 heavy (non-hydrogen) atoms. The van der Waals surface area contributed by atoms with Crippen LogP contribution in [-0.2, 0) is 84.9 Å². The lowest BCUT2D eigenvalue weighted by Gasteiger charge is -2.45. The second-order valence-electron chi connectivity index (χ2n) is 42.7. The van der Waals surface area contributed by atoms with Crippen LogP contribution >= 0.6 is 12.2 Å². The maximum atomic E-state index is 12.6. The Morgan fingerprint density at radius 1 is 0.477 bits per heavy atom. The van der Waals surface area contributed by atoms with Crippen molar-refractivity contribution in [1.82, 2.24) is 25.3 Å². The first-order valence-corrected chi connectivity index (χ1v) is 55.7. The largest absolute Gasteiger partial charge is 0.550 e. The number of hydrogen-bond acceptors (Lipinski definition) is 27. The summed E-state index contributed by atoms with van der Waals surface area (Å²) in [5.41, 5.74) is -7.18. The second-order valence-corrected chi connectivity index (χ2v) is 52.6. The number of sulfonamides is 1. The third-order valence-corrected chi connectivity index (χ3v) is 32.2. The number of aromatic hydroxyl groups is 2. The van der Waals surface area contributed by atoms with Crippen LogP contribution < -0.4 is 23.3 Å². The quantitative estimate of drug-likeness (QED) is 0.00475. The molecule has 0 saturated carbocycles. The summed E-state index contributed by atoms with van der Waals surface area (Å²) in [6, 6.07) is 47.9. The predicted octanol–water partition coefficient (Wildman–Crippen LogP) is 23.8. The van der Waals surface area contributed by atoms with Gasteiger partial charge in [0.15, 0.2) is 12.2 Å². The number of carbonyl (C=O) groups excluding carboxylic acids is 6. The van der Waals surface area contributed by atoms with Crippen LogP contribution in [0.2, 0.25) is 25.7 Å². The van der Waals surface area contributed by atoms with E-state index in [2.05, 4.69) is 117 Å². The summed E-state index contributed by atoms with van der Waals surface area (Å²) >= 11 is -0.782. The van der Waals surface area contributed by atoms with Crippen molar-refractivity contribution in [2.45, 2.75) is 251 Å². The molecule has 31 nitrogen and oxygen atoms in total. The highest BCUT2D eigenvalue weighted by Gasteiger charge is 2.53. The lowest BCUT2D eigenvalue weighted by atomic mass is 9.68.